The average Bonchev–Trinajstić information content (AvgIpc) is 2.45. The minimum Gasteiger partial charge on any atom is -0.298 e. The van der Waals surface area contributed by atoms with Gasteiger partial charge in [0.1, 0.15) is 6.29 Å². The molecule has 1 saturated carbocycles. The molecule has 2 rings (SSSR count). The Morgan fingerprint density at radius 2 is 2.33 bits per heavy atom. The summed E-state index contributed by atoms with van der Waals surface area (Å²) in [5, 5.41) is 0. The third-order valence-corrected chi connectivity index (χ3v) is 2.49. The lowest BCUT2D eigenvalue weighted by atomic mass is 10.0. The maximum atomic E-state index is 10.3. The van der Waals surface area contributed by atoms with Crippen LogP contribution in [0.25, 0.3) is 0 Å². The number of fused-ring (bicyclic) bond motifs is 2. The van der Waals surface area contributed by atoms with Gasteiger partial charge in [-0.2, -0.15) is 0 Å². The minimum atomic E-state index is 0.847. The highest BCUT2D eigenvalue weighted by Gasteiger charge is 2.29. The Hall–Kier alpha value is -0.590. The summed E-state index contributed by atoms with van der Waals surface area (Å²) in [6.07, 6.45) is 5.91. The molecule has 0 aliphatic heterocycles. The van der Waals surface area contributed by atoms with Gasteiger partial charge in [0.15, 0.2) is 0 Å². The minimum absolute atomic E-state index is 0.847. The van der Waals surface area contributed by atoms with Gasteiger partial charge in [0.05, 0.1) is 0 Å². The summed E-state index contributed by atoms with van der Waals surface area (Å²) < 4.78 is 0. The van der Waals surface area contributed by atoms with Crippen LogP contribution >= 0.6 is 0 Å². The van der Waals surface area contributed by atoms with Gasteiger partial charge in [0, 0.05) is 0 Å². The van der Waals surface area contributed by atoms with E-state index in [2.05, 4.69) is 0 Å². The zero-order valence-corrected chi connectivity index (χ0v) is 5.39. The van der Waals surface area contributed by atoms with Crippen molar-refractivity contribution < 1.29 is 4.79 Å². The Balaban J connectivity index is 2.32. The lowest BCUT2D eigenvalue weighted by Crippen LogP contribution is -1.94. The van der Waals surface area contributed by atoms with E-state index in [0.717, 1.165) is 24.2 Å². The molecule has 2 aliphatic carbocycles. The highest BCUT2D eigenvalue weighted by Crippen LogP contribution is 2.42. The highest BCUT2D eigenvalue weighted by atomic mass is 16.1. The topological polar surface area (TPSA) is 17.1 Å². The average molecular weight is 122 g/mol. The normalized spacial score (nSPS) is 31.8. The quantitative estimate of drug-likeness (QED) is 0.484. The Morgan fingerprint density at radius 3 is 2.67 bits per heavy atom. The molecule has 2 aliphatic rings. The van der Waals surface area contributed by atoms with Crippen LogP contribution in [0, 0.1) is 5.92 Å². The molecule has 0 aromatic rings. The lowest BCUT2D eigenvalue weighted by molar-refractivity contribution is -0.105. The zero-order chi connectivity index (χ0) is 6.27. The third-order valence-electron chi connectivity index (χ3n) is 2.49. The number of carbonyl (C=O) groups is 1. The second-order valence-electron chi connectivity index (χ2n) is 3.06. The Labute approximate surface area is 54.8 Å². The molecule has 0 saturated heterocycles. The standard InChI is InChI=1S/C8H10O/c9-5-8-4-6-1-2-7(8)3-6/h5-6H,1-4H2. The first-order chi connectivity index (χ1) is 4.40. The van der Waals surface area contributed by atoms with Crippen molar-refractivity contribution in [2.24, 2.45) is 5.92 Å². The van der Waals surface area contributed by atoms with E-state index in [9.17, 15) is 4.79 Å². The number of hydrogen-bond donors (Lipinski definition) is 0. The summed E-state index contributed by atoms with van der Waals surface area (Å²) in [5.41, 5.74) is 2.57. The summed E-state index contributed by atoms with van der Waals surface area (Å²) in [7, 11) is 0. The van der Waals surface area contributed by atoms with Crippen molar-refractivity contribution in [3.8, 4) is 0 Å². The summed E-state index contributed by atoms with van der Waals surface area (Å²) in [5.74, 6) is 0.847. The molecule has 1 heteroatoms. The molecular weight excluding hydrogens is 112 g/mol. The first kappa shape index (κ1) is 5.21. The summed E-state index contributed by atoms with van der Waals surface area (Å²) in [4.78, 5) is 10.3. The van der Waals surface area contributed by atoms with Gasteiger partial charge >= 0.3 is 0 Å². The van der Waals surface area contributed by atoms with E-state index in [0.29, 0.717) is 0 Å². The molecular formula is C8H10O. The van der Waals surface area contributed by atoms with Crippen LogP contribution in [0.5, 0.6) is 0 Å². The first-order valence-corrected chi connectivity index (χ1v) is 3.56. The molecule has 0 N–H and O–H groups in total. The van der Waals surface area contributed by atoms with Crippen LogP contribution in [0.15, 0.2) is 11.1 Å². The van der Waals surface area contributed by atoms with E-state index < -0.39 is 0 Å². The molecule has 0 aromatic heterocycles. The van der Waals surface area contributed by atoms with E-state index in [-0.39, 0.29) is 0 Å². The first-order valence-electron chi connectivity index (χ1n) is 3.56. The van der Waals surface area contributed by atoms with Gasteiger partial charge in [-0.1, -0.05) is 5.57 Å². The Kier molecular flexibility index (Phi) is 0.981. The number of hydrogen-bond acceptors (Lipinski definition) is 1. The predicted molar refractivity (Wildman–Crippen MR) is 35.0 cm³/mol. The Morgan fingerprint density at radius 1 is 1.44 bits per heavy atom. The summed E-state index contributed by atoms with van der Waals surface area (Å²) in [6, 6.07) is 0. The van der Waals surface area contributed by atoms with E-state index in [1.54, 1.807) is 0 Å². The molecule has 1 unspecified atom stereocenters. The van der Waals surface area contributed by atoms with Crippen LogP contribution < -0.4 is 0 Å². The maximum absolute atomic E-state index is 10.3. The fourth-order valence-corrected chi connectivity index (χ4v) is 1.98. The molecule has 0 aromatic carbocycles. The number of carbonyl (C=O) groups excluding carboxylic acids is 1. The van der Waals surface area contributed by atoms with Crippen molar-refractivity contribution in [2.45, 2.75) is 25.7 Å². The summed E-state index contributed by atoms with van der Waals surface area (Å²) >= 11 is 0. The molecule has 0 spiro atoms. The van der Waals surface area contributed by atoms with Gasteiger partial charge in [-0.15, -0.1) is 0 Å². The number of allylic oxidation sites excluding steroid dienone is 2. The van der Waals surface area contributed by atoms with E-state index in [4.69, 9.17) is 0 Å². The molecule has 2 bridgehead atoms. The van der Waals surface area contributed by atoms with Crippen molar-refractivity contribution in [2.75, 3.05) is 0 Å². The van der Waals surface area contributed by atoms with Crippen LogP contribution in [0.3, 0.4) is 0 Å². The van der Waals surface area contributed by atoms with Crippen LogP contribution in [-0.4, -0.2) is 6.29 Å². The van der Waals surface area contributed by atoms with Crippen molar-refractivity contribution in [1.29, 1.82) is 0 Å². The smallest absolute Gasteiger partial charge is 0.145 e. The maximum Gasteiger partial charge on any atom is 0.145 e. The SMILES string of the molecule is O=CC1=C2CCC(C1)C2. The summed E-state index contributed by atoms with van der Waals surface area (Å²) in [6.45, 7) is 0. The van der Waals surface area contributed by atoms with Crippen LogP contribution in [0.4, 0.5) is 0 Å². The van der Waals surface area contributed by atoms with Gasteiger partial charge < -0.3 is 0 Å². The monoisotopic (exact) mass is 122 g/mol. The highest BCUT2D eigenvalue weighted by molar-refractivity contribution is 5.76. The van der Waals surface area contributed by atoms with E-state index in [1.807, 2.05) is 0 Å². The van der Waals surface area contributed by atoms with Crippen molar-refractivity contribution >= 4 is 6.29 Å². The van der Waals surface area contributed by atoms with E-state index >= 15 is 0 Å². The zero-order valence-electron chi connectivity index (χ0n) is 5.39. The number of aldehydes is 1. The second-order valence-corrected chi connectivity index (χ2v) is 3.06. The van der Waals surface area contributed by atoms with Gasteiger partial charge in [0.2, 0.25) is 0 Å². The largest absolute Gasteiger partial charge is 0.298 e. The molecule has 0 heterocycles. The number of rotatable bonds is 1. The molecule has 1 nitrogen and oxygen atoms in total. The molecule has 48 valence electrons. The van der Waals surface area contributed by atoms with Crippen LogP contribution in [0.1, 0.15) is 25.7 Å². The fraction of sp³-hybridized carbons (Fsp3) is 0.625. The molecule has 0 amide bonds. The molecule has 0 radical (unpaired) electrons. The van der Waals surface area contributed by atoms with Crippen molar-refractivity contribution in [3.05, 3.63) is 11.1 Å². The van der Waals surface area contributed by atoms with Crippen molar-refractivity contribution in [3.63, 3.8) is 0 Å². The van der Waals surface area contributed by atoms with Gasteiger partial charge in [-0.3, -0.25) is 4.79 Å². The lowest BCUT2D eigenvalue weighted by Gasteiger charge is -2.04. The third kappa shape index (κ3) is 0.640. The molecule has 1 fully saturated rings. The van der Waals surface area contributed by atoms with Crippen molar-refractivity contribution in [1.82, 2.24) is 0 Å². The fourth-order valence-electron chi connectivity index (χ4n) is 1.98. The van der Waals surface area contributed by atoms with E-state index in [1.165, 1.54) is 24.8 Å². The predicted octanol–water partition coefficient (Wildman–Crippen LogP) is 1.69. The molecule has 9 heavy (non-hydrogen) atoms. The van der Waals surface area contributed by atoms with Gasteiger partial charge in [-0.05, 0) is 37.2 Å². The van der Waals surface area contributed by atoms with Gasteiger partial charge in [0.25, 0.3) is 0 Å². The second kappa shape index (κ2) is 1.69. The van der Waals surface area contributed by atoms with Crippen LogP contribution in [-0.2, 0) is 4.79 Å². The van der Waals surface area contributed by atoms with Gasteiger partial charge in [-0.25, -0.2) is 0 Å². The Bertz CT molecular complexity index is 179. The van der Waals surface area contributed by atoms with Crippen LogP contribution in [0.2, 0.25) is 0 Å². The molecule has 1 atom stereocenters.